The summed E-state index contributed by atoms with van der Waals surface area (Å²) in [5.41, 5.74) is 2.47. The number of carbonyl (C=O) groups is 1. The zero-order valence-corrected chi connectivity index (χ0v) is 24.8. The molecular formula is C34H52O5. The van der Waals surface area contributed by atoms with Crippen LogP contribution >= 0.6 is 0 Å². The molecule has 0 bridgehead atoms. The molecule has 218 valence electrons. The summed E-state index contributed by atoms with van der Waals surface area (Å²) in [5, 5.41) is 36.3. The SMILES string of the molecule is CC(C)CCC[C@@H](C)[C@H]1CC[C@H]2[C@@H]3CC=C4C[C@@H](O)CC[C@]4(C)[C@H]3CC[C@]12C.O=C(O)c1cc(O)cc(O)c1. The zero-order chi connectivity index (χ0) is 28.5. The van der Waals surface area contributed by atoms with Crippen LogP contribution < -0.4 is 0 Å². The number of phenols is 2. The Hall–Kier alpha value is -2.01. The van der Waals surface area contributed by atoms with Gasteiger partial charge in [0.25, 0.3) is 0 Å². The average molecular weight is 541 g/mol. The van der Waals surface area contributed by atoms with E-state index in [1.165, 1.54) is 57.8 Å². The van der Waals surface area contributed by atoms with Gasteiger partial charge in [-0.05, 0) is 110 Å². The molecule has 4 aliphatic rings. The Labute approximate surface area is 235 Å². The highest BCUT2D eigenvalue weighted by atomic mass is 16.4. The van der Waals surface area contributed by atoms with Crippen LogP contribution in [0.3, 0.4) is 0 Å². The van der Waals surface area contributed by atoms with Crippen molar-refractivity contribution in [2.75, 3.05) is 0 Å². The minimum absolute atomic E-state index is 0.0766. The van der Waals surface area contributed by atoms with Crippen LogP contribution in [0.1, 0.15) is 116 Å². The van der Waals surface area contributed by atoms with Gasteiger partial charge in [0.2, 0.25) is 0 Å². The van der Waals surface area contributed by atoms with Crippen LogP contribution in [0.5, 0.6) is 11.5 Å². The molecule has 0 heterocycles. The number of aliphatic hydroxyl groups is 1. The van der Waals surface area contributed by atoms with Gasteiger partial charge in [-0.3, -0.25) is 0 Å². The van der Waals surface area contributed by atoms with E-state index in [2.05, 4.69) is 40.7 Å². The van der Waals surface area contributed by atoms with Gasteiger partial charge in [-0.1, -0.05) is 65.5 Å². The molecule has 5 nitrogen and oxygen atoms in total. The van der Waals surface area contributed by atoms with Gasteiger partial charge in [-0.25, -0.2) is 4.79 Å². The van der Waals surface area contributed by atoms with Gasteiger partial charge in [-0.15, -0.1) is 0 Å². The second kappa shape index (κ2) is 11.8. The van der Waals surface area contributed by atoms with Gasteiger partial charge in [0.1, 0.15) is 11.5 Å². The summed E-state index contributed by atoms with van der Waals surface area (Å²) < 4.78 is 0. The summed E-state index contributed by atoms with van der Waals surface area (Å²) >= 11 is 0. The Kier molecular flexibility index (Phi) is 9.10. The molecule has 5 heteroatoms. The molecule has 0 saturated heterocycles. The fraction of sp³-hybridized carbons (Fsp3) is 0.735. The number of fused-ring (bicyclic) bond motifs is 5. The van der Waals surface area contributed by atoms with E-state index in [4.69, 9.17) is 15.3 Å². The number of aliphatic hydroxyl groups excluding tert-OH is 1. The van der Waals surface area contributed by atoms with Crippen LogP contribution in [0.15, 0.2) is 29.8 Å². The van der Waals surface area contributed by atoms with Crippen LogP contribution in [0, 0.1) is 46.3 Å². The van der Waals surface area contributed by atoms with E-state index in [1.54, 1.807) is 5.57 Å². The first-order chi connectivity index (χ1) is 18.3. The molecule has 5 rings (SSSR count). The van der Waals surface area contributed by atoms with Crippen molar-refractivity contribution in [1.82, 2.24) is 0 Å². The molecule has 0 aromatic heterocycles. The van der Waals surface area contributed by atoms with Crippen molar-refractivity contribution in [3.8, 4) is 11.5 Å². The summed E-state index contributed by atoms with van der Waals surface area (Å²) in [6, 6.07) is 3.18. The van der Waals surface area contributed by atoms with Gasteiger partial charge in [0.15, 0.2) is 0 Å². The summed E-state index contributed by atoms with van der Waals surface area (Å²) in [5.74, 6) is 3.75. The number of benzene rings is 1. The highest BCUT2D eigenvalue weighted by molar-refractivity contribution is 5.88. The minimum atomic E-state index is -1.18. The second-order valence-corrected chi connectivity index (χ2v) is 14.2. The molecule has 0 spiro atoms. The van der Waals surface area contributed by atoms with Crippen molar-refractivity contribution in [3.05, 3.63) is 35.4 Å². The van der Waals surface area contributed by atoms with Gasteiger partial charge in [0.05, 0.1) is 11.7 Å². The van der Waals surface area contributed by atoms with Gasteiger partial charge in [0, 0.05) is 6.07 Å². The van der Waals surface area contributed by atoms with Crippen molar-refractivity contribution in [3.63, 3.8) is 0 Å². The second-order valence-electron chi connectivity index (χ2n) is 14.2. The first-order valence-corrected chi connectivity index (χ1v) is 15.5. The molecular weight excluding hydrogens is 488 g/mol. The molecule has 39 heavy (non-hydrogen) atoms. The fourth-order valence-corrected chi connectivity index (χ4v) is 9.38. The quantitative estimate of drug-likeness (QED) is 0.273. The third kappa shape index (κ3) is 6.19. The largest absolute Gasteiger partial charge is 0.508 e. The molecule has 3 fully saturated rings. The lowest BCUT2D eigenvalue weighted by Gasteiger charge is -2.58. The molecule has 0 amide bonds. The molecule has 4 N–H and O–H groups in total. The predicted octanol–water partition coefficient (Wildman–Crippen LogP) is 8.18. The van der Waals surface area contributed by atoms with Crippen LogP contribution in [0.2, 0.25) is 0 Å². The molecule has 1 aromatic rings. The van der Waals surface area contributed by atoms with Crippen molar-refractivity contribution < 1.29 is 25.2 Å². The summed E-state index contributed by atoms with van der Waals surface area (Å²) in [6.07, 6.45) is 17.2. The zero-order valence-electron chi connectivity index (χ0n) is 24.8. The first-order valence-electron chi connectivity index (χ1n) is 15.5. The Morgan fingerprint density at radius 3 is 2.28 bits per heavy atom. The summed E-state index contributed by atoms with van der Waals surface area (Å²) in [4.78, 5) is 10.3. The minimum Gasteiger partial charge on any atom is -0.508 e. The predicted molar refractivity (Wildman–Crippen MR) is 156 cm³/mol. The lowest BCUT2D eigenvalue weighted by molar-refractivity contribution is -0.0573. The number of aromatic carboxylic acids is 1. The molecule has 0 unspecified atom stereocenters. The van der Waals surface area contributed by atoms with Crippen LogP contribution in [-0.2, 0) is 0 Å². The van der Waals surface area contributed by atoms with E-state index in [0.717, 1.165) is 66.5 Å². The lowest BCUT2D eigenvalue weighted by Crippen LogP contribution is -2.50. The number of aromatic hydroxyl groups is 2. The number of hydrogen-bond acceptors (Lipinski definition) is 4. The maximum atomic E-state index is 10.3. The van der Waals surface area contributed by atoms with E-state index in [9.17, 15) is 9.90 Å². The summed E-state index contributed by atoms with van der Waals surface area (Å²) in [7, 11) is 0. The topological polar surface area (TPSA) is 98.0 Å². The number of carboxylic acids is 1. The van der Waals surface area contributed by atoms with Gasteiger partial charge < -0.3 is 20.4 Å². The van der Waals surface area contributed by atoms with Gasteiger partial charge >= 0.3 is 5.97 Å². The number of phenolic OH excluding ortho intramolecular Hbond substituents is 2. The molecule has 4 aliphatic carbocycles. The smallest absolute Gasteiger partial charge is 0.335 e. The normalized spacial score (nSPS) is 36.1. The third-order valence-corrected chi connectivity index (χ3v) is 11.4. The van der Waals surface area contributed by atoms with Crippen LogP contribution in [-0.4, -0.2) is 32.5 Å². The Balaban J connectivity index is 0.000000270. The van der Waals surface area contributed by atoms with E-state index in [0.29, 0.717) is 10.8 Å². The highest BCUT2D eigenvalue weighted by Crippen LogP contribution is 2.67. The number of rotatable bonds is 6. The van der Waals surface area contributed by atoms with Crippen LogP contribution in [0.25, 0.3) is 0 Å². The van der Waals surface area contributed by atoms with Crippen LogP contribution in [0.4, 0.5) is 0 Å². The molecule has 8 atom stereocenters. The first kappa shape index (κ1) is 30.0. The molecule has 0 aliphatic heterocycles. The molecule has 0 radical (unpaired) electrons. The van der Waals surface area contributed by atoms with E-state index in [-0.39, 0.29) is 23.2 Å². The number of allylic oxidation sites excluding steroid dienone is 1. The maximum Gasteiger partial charge on any atom is 0.335 e. The van der Waals surface area contributed by atoms with Crippen molar-refractivity contribution in [2.24, 2.45) is 46.3 Å². The lowest BCUT2D eigenvalue weighted by atomic mass is 9.47. The molecule has 3 saturated carbocycles. The monoisotopic (exact) mass is 540 g/mol. The Bertz CT molecular complexity index is 1030. The van der Waals surface area contributed by atoms with Crippen molar-refractivity contribution in [2.45, 2.75) is 111 Å². The number of hydrogen-bond donors (Lipinski definition) is 4. The average Bonchev–Trinajstić information content (AvgIpc) is 3.21. The van der Waals surface area contributed by atoms with E-state index in [1.807, 2.05) is 0 Å². The van der Waals surface area contributed by atoms with Crippen molar-refractivity contribution in [1.29, 1.82) is 0 Å². The Morgan fingerprint density at radius 1 is 0.949 bits per heavy atom. The third-order valence-electron chi connectivity index (χ3n) is 11.4. The highest BCUT2D eigenvalue weighted by Gasteiger charge is 2.59. The molecule has 1 aromatic carbocycles. The number of carboxylic acid groups (broad SMARTS) is 1. The fourth-order valence-electron chi connectivity index (χ4n) is 9.38. The van der Waals surface area contributed by atoms with E-state index >= 15 is 0 Å². The van der Waals surface area contributed by atoms with Crippen molar-refractivity contribution >= 4 is 5.97 Å². The van der Waals surface area contributed by atoms with Gasteiger partial charge in [-0.2, -0.15) is 0 Å². The standard InChI is InChI=1S/C27H46O.C7H6O4/c1-18(2)7-6-8-19(3)23-11-12-24-22-10-9-20-17-21(28)13-15-26(20,4)25(22)14-16-27(23,24)5;8-5-1-4(7(10)11)2-6(9)3-5/h9,18-19,21-25,28H,6-8,10-17H2,1-5H3;1-3,8-9H,(H,10,11)/t19-,21+,22+,23-,24+,25+,26+,27-;/m1./s1. The Morgan fingerprint density at radius 2 is 1.64 bits per heavy atom. The summed E-state index contributed by atoms with van der Waals surface area (Å²) in [6.45, 7) is 12.6. The van der Waals surface area contributed by atoms with E-state index < -0.39 is 5.97 Å². The maximum absolute atomic E-state index is 10.3.